The fourth-order valence-electron chi connectivity index (χ4n) is 4.76. The molecule has 0 aromatic carbocycles. The number of aromatic nitrogens is 3. The zero-order valence-electron chi connectivity index (χ0n) is 23.9. The number of nitrogens with two attached hydrogens (primary N) is 1. The van der Waals surface area contributed by atoms with Gasteiger partial charge in [-0.05, 0) is 53.5 Å². The number of pyridine rings is 1. The van der Waals surface area contributed by atoms with E-state index >= 15 is 0 Å². The second kappa shape index (κ2) is 12.1. The molecule has 2 aliphatic rings. The van der Waals surface area contributed by atoms with Gasteiger partial charge in [0.2, 0.25) is 5.95 Å². The highest BCUT2D eigenvalue weighted by Gasteiger charge is 2.27. The molecule has 0 radical (unpaired) electrons. The van der Waals surface area contributed by atoms with Crippen molar-refractivity contribution < 1.29 is 19.1 Å². The lowest BCUT2D eigenvalue weighted by molar-refractivity contribution is 0.0499. The number of alkyl carbamates (subject to hydrolysis) is 1. The molecule has 2 aliphatic heterocycles. The number of anilines is 4. The van der Waals surface area contributed by atoms with Crippen molar-refractivity contribution in [1.29, 1.82) is 0 Å². The summed E-state index contributed by atoms with van der Waals surface area (Å²) in [6.45, 7) is 12.8. The lowest BCUT2D eigenvalue weighted by Gasteiger charge is -2.33. The summed E-state index contributed by atoms with van der Waals surface area (Å²) >= 11 is 0. The molecule has 0 bridgehead atoms. The Balaban J connectivity index is 1.61. The molecule has 2 saturated heterocycles. The summed E-state index contributed by atoms with van der Waals surface area (Å²) in [5.41, 5.74) is 6.23. The zero-order valence-corrected chi connectivity index (χ0v) is 23.9. The quantitative estimate of drug-likeness (QED) is 0.463. The summed E-state index contributed by atoms with van der Waals surface area (Å²) in [5.74, 6) is -0.0434. The molecule has 0 aliphatic carbocycles. The van der Waals surface area contributed by atoms with Gasteiger partial charge in [0.15, 0.2) is 0 Å². The molecule has 40 heavy (non-hydrogen) atoms. The highest BCUT2D eigenvalue weighted by molar-refractivity contribution is 5.98. The van der Waals surface area contributed by atoms with Gasteiger partial charge in [0.25, 0.3) is 11.5 Å². The van der Waals surface area contributed by atoms with Crippen molar-refractivity contribution in [3.05, 3.63) is 34.4 Å². The predicted octanol–water partition coefficient (Wildman–Crippen LogP) is 2.39. The molecule has 4 rings (SSSR count). The standard InChI is InChI=1S/C27H40N8O5/c1-17(2)35-16-19(13-21(24(35)37)33-9-11-39-12-10-33)30-23-20(22(28)36)14-29-25(32-23)34-8-6-7-18(15-34)31-26(38)40-27(3,4)5/h13-14,16-18H,6-12,15H2,1-5H3,(H2,28,36)(H,31,38)(H,29,30,32)/t18-/m0/s1. The van der Waals surface area contributed by atoms with E-state index in [1.807, 2.05) is 44.4 Å². The third kappa shape index (κ3) is 7.20. The molecule has 0 saturated carbocycles. The SMILES string of the molecule is CC(C)n1cc(Nc2nc(N3CCC[C@H](NC(=O)OC(C)(C)C)C3)ncc2C(N)=O)cc(N2CCOCC2)c1=O. The Kier molecular flexibility index (Phi) is 8.82. The number of hydrogen-bond donors (Lipinski definition) is 3. The monoisotopic (exact) mass is 556 g/mol. The summed E-state index contributed by atoms with van der Waals surface area (Å²) in [4.78, 5) is 50.9. The molecule has 1 atom stereocenters. The first kappa shape index (κ1) is 29.1. The molecule has 2 amide bonds. The van der Waals surface area contributed by atoms with Crippen LogP contribution in [-0.2, 0) is 9.47 Å². The first-order chi connectivity index (χ1) is 18.9. The van der Waals surface area contributed by atoms with Crippen molar-refractivity contribution >= 4 is 35.1 Å². The molecule has 13 nitrogen and oxygen atoms in total. The molecule has 4 heterocycles. The van der Waals surface area contributed by atoms with Gasteiger partial charge in [-0.25, -0.2) is 9.78 Å². The van der Waals surface area contributed by atoms with Crippen molar-refractivity contribution in [2.45, 2.75) is 65.1 Å². The Bertz CT molecular complexity index is 1280. The van der Waals surface area contributed by atoms with Crippen LogP contribution in [0.5, 0.6) is 0 Å². The van der Waals surface area contributed by atoms with Crippen LogP contribution < -0.4 is 31.7 Å². The number of primary amides is 1. The summed E-state index contributed by atoms with van der Waals surface area (Å²) in [5, 5.41) is 6.14. The van der Waals surface area contributed by atoms with Gasteiger partial charge in [0.1, 0.15) is 22.7 Å². The fraction of sp³-hybridized carbons (Fsp3) is 0.593. The largest absolute Gasteiger partial charge is 0.444 e. The summed E-state index contributed by atoms with van der Waals surface area (Å²) in [7, 11) is 0. The zero-order chi connectivity index (χ0) is 29.0. The second-order valence-corrected chi connectivity index (χ2v) is 11.4. The number of piperidine rings is 1. The molecule has 2 aromatic heterocycles. The number of nitrogens with one attached hydrogen (secondary N) is 2. The number of nitrogens with zero attached hydrogens (tertiary/aromatic N) is 5. The van der Waals surface area contributed by atoms with Crippen molar-refractivity contribution in [2.75, 3.05) is 54.5 Å². The van der Waals surface area contributed by atoms with Crippen LogP contribution in [0.25, 0.3) is 0 Å². The lowest BCUT2D eigenvalue weighted by Crippen LogP contribution is -2.49. The molecule has 2 fully saturated rings. The molecular weight excluding hydrogens is 516 g/mol. The van der Waals surface area contributed by atoms with E-state index in [0.29, 0.717) is 56.7 Å². The minimum Gasteiger partial charge on any atom is -0.444 e. The van der Waals surface area contributed by atoms with Gasteiger partial charge >= 0.3 is 6.09 Å². The number of amides is 2. The van der Waals surface area contributed by atoms with Crippen molar-refractivity contribution in [3.63, 3.8) is 0 Å². The van der Waals surface area contributed by atoms with Crippen LogP contribution in [0.4, 0.5) is 27.9 Å². The van der Waals surface area contributed by atoms with Gasteiger partial charge in [-0.2, -0.15) is 4.98 Å². The van der Waals surface area contributed by atoms with Crippen molar-refractivity contribution in [3.8, 4) is 0 Å². The van der Waals surface area contributed by atoms with Crippen LogP contribution >= 0.6 is 0 Å². The van der Waals surface area contributed by atoms with Crippen LogP contribution in [0, 0.1) is 0 Å². The van der Waals surface area contributed by atoms with E-state index in [1.54, 1.807) is 16.8 Å². The normalized spacial score (nSPS) is 18.0. The van der Waals surface area contributed by atoms with E-state index in [1.165, 1.54) is 6.20 Å². The molecule has 0 unspecified atom stereocenters. The third-order valence-electron chi connectivity index (χ3n) is 6.66. The third-order valence-corrected chi connectivity index (χ3v) is 6.66. The fourth-order valence-corrected chi connectivity index (χ4v) is 4.76. The van der Waals surface area contributed by atoms with Crippen molar-refractivity contribution in [1.82, 2.24) is 19.9 Å². The number of carbonyl (C=O) groups is 2. The molecule has 4 N–H and O–H groups in total. The smallest absolute Gasteiger partial charge is 0.407 e. The topological polar surface area (TPSA) is 157 Å². The number of hydrogen-bond acceptors (Lipinski definition) is 10. The summed E-state index contributed by atoms with van der Waals surface area (Å²) < 4.78 is 12.5. The van der Waals surface area contributed by atoms with E-state index in [9.17, 15) is 14.4 Å². The average Bonchev–Trinajstić information content (AvgIpc) is 2.88. The Labute approximate surface area is 234 Å². The highest BCUT2D eigenvalue weighted by Crippen LogP contribution is 2.26. The Morgan fingerprint density at radius 2 is 1.90 bits per heavy atom. The van der Waals surface area contributed by atoms with Gasteiger partial charge in [-0.1, -0.05) is 0 Å². The van der Waals surface area contributed by atoms with Gasteiger partial charge in [-0.15, -0.1) is 0 Å². The van der Waals surface area contributed by atoms with Crippen LogP contribution in [0.1, 0.15) is 63.9 Å². The Hall–Kier alpha value is -3.87. The maximum absolute atomic E-state index is 13.2. The maximum Gasteiger partial charge on any atom is 0.407 e. The molecular formula is C27H40N8O5. The number of morpholine rings is 1. The van der Waals surface area contributed by atoms with Crippen LogP contribution in [0.2, 0.25) is 0 Å². The molecule has 2 aromatic rings. The van der Waals surface area contributed by atoms with Crippen molar-refractivity contribution in [2.24, 2.45) is 5.73 Å². The first-order valence-electron chi connectivity index (χ1n) is 13.7. The van der Waals surface area contributed by atoms with E-state index in [4.69, 9.17) is 15.2 Å². The minimum atomic E-state index is -0.678. The molecule has 13 heteroatoms. The van der Waals surface area contributed by atoms with Crippen LogP contribution in [0.15, 0.2) is 23.3 Å². The molecule has 0 spiro atoms. The second-order valence-electron chi connectivity index (χ2n) is 11.4. The van der Waals surface area contributed by atoms with Crippen LogP contribution in [-0.4, -0.2) is 77.6 Å². The van der Waals surface area contributed by atoms with Gasteiger partial charge in [-0.3, -0.25) is 9.59 Å². The predicted molar refractivity (Wildman–Crippen MR) is 153 cm³/mol. The number of carbonyl (C=O) groups excluding carboxylic acids is 2. The highest BCUT2D eigenvalue weighted by atomic mass is 16.6. The number of ether oxygens (including phenoxy) is 2. The van der Waals surface area contributed by atoms with E-state index in [2.05, 4.69) is 20.6 Å². The minimum absolute atomic E-state index is 0.0895. The van der Waals surface area contributed by atoms with Gasteiger partial charge in [0, 0.05) is 50.7 Å². The van der Waals surface area contributed by atoms with E-state index in [0.717, 1.165) is 12.8 Å². The van der Waals surface area contributed by atoms with E-state index in [-0.39, 0.29) is 29.0 Å². The first-order valence-corrected chi connectivity index (χ1v) is 13.7. The van der Waals surface area contributed by atoms with Gasteiger partial charge in [0.05, 0.1) is 18.9 Å². The summed E-state index contributed by atoms with van der Waals surface area (Å²) in [6.07, 6.45) is 4.25. The lowest BCUT2D eigenvalue weighted by atomic mass is 10.1. The van der Waals surface area contributed by atoms with E-state index < -0.39 is 17.6 Å². The maximum atomic E-state index is 13.2. The van der Waals surface area contributed by atoms with Crippen LogP contribution in [0.3, 0.4) is 0 Å². The Morgan fingerprint density at radius 3 is 2.55 bits per heavy atom. The molecule has 218 valence electrons. The average molecular weight is 557 g/mol. The van der Waals surface area contributed by atoms with Gasteiger partial charge < -0.3 is 40.2 Å². The Morgan fingerprint density at radius 1 is 1.18 bits per heavy atom. The summed E-state index contributed by atoms with van der Waals surface area (Å²) in [6, 6.07) is 1.53. The number of rotatable bonds is 7.